The Bertz CT molecular complexity index is 1300. The van der Waals surface area contributed by atoms with Crippen LogP contribution in [0.5, 0.6) is 0 Å². The fourth-order valence-electron chi connectivity index (χ4n) is 3.89. The molecule has 7 heteroatoms. The van der Waals surface area contributed by atoms with E-state index in [1.165, 1.54) is 0 Å². The number of benzene rings is 3. The van der Waals surface area contributed by atoms with E-state index in [0.717, 1.165) is 27.8 Å². The second-order valence-electron chi connectivity index (χ2n) is 7.54. The Morgan fingerprint density at radius 3 is 2.10 bits per heavy atom. The molecule has 0 bridgehead atoms. The van der Waals surface area contributed by atoms with Gasteiger partial charge in [0.2, 0.25) is 10.0 Å². The minimum absolute atomic E-state index is 0.339. The van der Waals surface area contributed by atoms with E-state index < -0.39 is 10.0 Å². The molecule has 31 heavy (non-hydrogen) atoms. The third-order valence-corrected chi connectivity index (χ3v) is 7.54. The molecule has 0 unspecified atom stereocenters. The summed E-state index contributed by atoms with van der Waals surface area (Å²) in [6.45, 7) is 1.98. The molecular weight excluding hydrogens is 408 g/mol. The Kier molecular flexibility index (Phi) is 5.13. The van der Waals surface area contributed by atoms with Gasteiger partial charge in [-0.1, -0.05) is 60.7 Å². The highest BCUT2D eigenvalue weighted by Crippen LogP contribution is 2.24. The average Bonchev–Trinajstić information content (AvgIpc) is 2.84. The highest BCUT2D eigenvalue weighted by atomic mass is 32.2. The van der Waals surface area contributed by atoms with Crippen molar-refractivity contribution in [2.45, 2.75) is 4.90 Å². The molecule has 0 radical (unpaired) electrons. The first-order chi connectivity index (χ1) is 15.1. The Morgan fingerprint density at radius 2 is 1.39 bits per heavy atom. The summed E-state index contributed by atoms with van der Waals surface area (Å²) in [5.41, 5.74) is 1.84. The first kappa shape index (κ1) is 19.7. The second kappa shape index (κ2) is 8.09. The number of anilines is 1. The Morgan fingerprint density at radius 1 is 0.677 bits per heavy atom. The van der Waals surface area contributed by atoms with Gasteiger partial charge in [0.25, 0.3) is 0 Å². The highest BCUT2D eigenvalue weighted by molar-refractivity contribution is 7.89. The number of sulfonamides is 1. The lowest BCUT2D eigenvalue weighted by molar-refractivity contribution is 0.383. The van der Waals surface area contributed by atoms with Gasteiger partial charge in [0, 0.05) is 31.7 Å². The summed E-state index contributed by atoms with van der Waals surface area (Å²) in [6.07, 6.45) is 0. The summed E-state index contributed by atoms with van der Waals surface area (Å²) in [7, 11) is -3.53. The predicted octanol–water partition coefficient (Wildman–Crippen LogP) is 3.81. The maximum Gasteiger partial charge on any atom is 0.243 e. The van der Waals surface area contributed by atoms with Crippen molar-refractivity contribution in [3.8, 4) is 11.3 Å². The van der Waals surface area contributed by atoms with Gasteiger partial charge in [-0.3, -0.25) is 0 Å². The first-order valence-corrected chi connectivity index (χ1v) is 11.7. The predicted molar refractivity (Wildman–Crippen MR) is 122 cm³/mol. The molecule has 0 amide bonds. The number of rotatable bonds is 4. The standard InChI is InChI=1S/C24H22N4O2S/c29-31(30,22-11-10-19-6-4-5-9-21(19)18-22)28-16-14-27(15-17-28)24-13-12-23(25-26-24)20-7-2-1-3-8-20/h1-13,18H,14-17H2. The zero-order chi connectivity index (χ0) is 21.3. The van der Waals surface area contributed by atoms with Gasteiger partial charge in [0.15, 0.2) is 5.82 Å². The van der Waals surface area contributed by atoms with Crippen LogP contribution >= 0.6 is 0 Å². The number of nitrogens with zero attached hydrogens (tertiary/aromatic N) is 4. The van der Waals surface area contributed by atoms with E-state index in [-0.39, 0.29) is 0 Å². The first-order valence-electron chi connectivity index (χ1n) is 10.2. The topological polar surface area (TPSA) is 66.4 Å². The van der Waals surface area contributed by atoms with Gasteiger partial charge >= 0.3 is 0 Å². The molecule has 5 rings (SSSR count). The molecule has 1 saturated heterocycles. The van der Waals surface area contributed by atoms with Crippen LogP contribution in [-0.4, -0.2) is 49.1 Å². The van der Waals surface area contributed by atoms with Gasteiger partial charge in [0.1, 0.15) is 0 Å². The van der Waals surface area contributed by atoms with Crippen molar-refractivity contribution >= 4 is 26.6 Å². The molecule has 1 aromatic heterocycles. The summed E-state index contributed by atoms with van der Waals surface area (Å²) in [6, 6.07) is 26.9. The fourth-order valence-corrected chi connectivity index (χ4v) is 5.35. The Hall–Kier alpha value is -3.29. The van der Waals surface area contributed by atoms with Gasteiger partial charge < -0.3 is 4.90 Å². The van der Waals surface area contributed by atoms with E-state index in [2.05, 4.69) is 15.1 Å². The van der Waals surface area contributed by atoms with E-state index in [4.69, 9.17) is 0 Å². The number of hydrogen-bond donors (Lipinski definition) is 0. The van der Waals surface area contributed by atoms with Crippen molar-refractivity contribution < 1.29 is 8.42 Å². The summed E-state index contributed by atoms with van der Waals surface area (Å²) in [4.78, 5) is 2.42. The normalized spacial score (nSPS) is 15.3. The zero-order valence-electron chi connectivity index (χ0n) is 16.9. The quantitative estimate of drug-likeness (QED) is 0.493. The van der Waals surface area contributed by atoms with Gasteiger partial charge in [-0.15, -0.1) is 10.2 Å². The van der Waals surface area contributed by atoms with Crippen LogP contribution < -0.4 is 4.90 Å². The number of hydrogen-bond acceptors (Lipinski definition) is 5. The van der Waals surface area contributed by atoms with E-state index in [1.54, 1.807) is 16.4 Å². The van der Waals surface area contributed by atoms with Gasteiger partial charge in [-0.2, -0.15) is 4.31 Å². The minimum atomic E-state index is -3.53. The summed E-state index contributed by atoms with van der Waals surface area (Å²) >= 11 is 0. The van der Waals surface area contributed by atoms with Crippen LogP contribution in [0.3, 0.4) is 0 Å². The van der Waals surface area contributed by atoms with Crippen molar-refractivity contribution in [2.75, 3.05) is 31.1 Å². The van der Waals surface area contributed by atoms with Gasteiger partial charge in [0.05, 0.1) is 10.6 Å². The fraction of sp³-hybridized carbons (Fsp3) is 0.167. The third-order valence-electron chi connectivity index (χ3n) is 5.64. The van der Waals surface area contributed by atoms with Crippen molar-refractivity contribution in [1.29, 1.82) is 0 Å². The van der Waals surface area contributed by atoms with Crippen LogP contribution in [0.15, 0.2) is 89.8 Å². The van der Waals surface area contributed by atoms with Crippen LogP contribution in [0, 0.1) is 0 Å². The van der Waals surface area contributed by atoms with Crippen molar-refractivity contribution in [3.63, 3.8) is 0 Å². The lowest BCUT2D eigenvalue weighted by atomic mass is 10.1. The molecule has 0 atom stereocenters. The van der Waals surface area contributed by atoms with E-state index in [9.17, 15) is 8.42 Å². The van der Waals surface area contributed by atoms with Crippen LogP contribution in [0.4, 0.5) is 5.82 Å². The summed E-state index contributed by atoms with van der Waals surface area (Å²) in [5, 5.41) is 10.7. The lowest BCUT2D eigenvalue weighted by Crippen LogP contribution is -2.49. The van der Waals surface area contributed by atoms with Crippen LogP contribution in [-0.2, 0) is 10.0 Å². The molecule has 1 fully saturated rings. The van der Waals surface area contributed by atoms with Crippen molar-refractivity contribution in [3.05, 3.63) is 84.9 Å². The molecule has 3 aromatic carbocycles. The molecule has 2 heterocycles. The van der Waals surface area contributed by atoms with Crippen molar-refractivity contribution in [2.24, 2.45) is 0 Å². The monoisotopic (exact) mass is 430 g/mol. The minimum Gasteiger partial charge on any atom is -0.352 e. The van der Waals surface area contributed by atoms with E-state index in [0.29, 0.717) is 31.1 Å². The maximum atomic E-state index is 13.2. The number of aromatic nitrogens is 2. The van der Waals surface area contributed by atoms with Gasteiger partial charge in [-0.25, -0.2) is 8.42 Å². The van der Waals surface area contributed by atoms with Crippen LogP contribution in [0.1, 0.15) is 0 Å². The molecule has 0 spiro atoms. The number of piperazine rings is 1. The molecule has 4 aromatic rings. The molecule has 156 valence electrons. The molecule has 6 nitrogen and oxygen atoms in total. The Balaban J connectivity index is 1.29. The van der Waals surface area contributed by atoms with Crippen LogP contribution in [0.2, 0.25) is 0 Å². The summed E-state index contributed by atoms with van der Waals surface area (Å²) < 4.78 is 27.9. The smallest absolute Gasteiger partial charge is 0.243 e. The molecule has 1 aliphatic rings. The maximum absolute atomic E-state index is 13.2. The van der Waals surface area contributed by atoms with Crippen molar-refractivity contribution in [1.82, 2.24) is 14.5 Å². The third kappa shape index (κ3) is 3.89. The number of fused-ring (bicyclic) bond motifs is 1. The SMILES string of the molecule is O=S(=O)(c1ccc2ccccc2c1)N1CCN(c2ccc(-c3ccccc3)nn2)CC1. The molecule has 0 N–H and O–H groups in total. The average molecular weight is 431 g/mol. The van der Waals surface area contributed by atoms with Gasteiger partial charge in [-0.05, 0) is 35.0 Å². The second-order valence-corrected chi connectivity index (χ2v) is 9.48. The molecule has 0 aliphatic carbocycles. The largest absolute Gasteiger partial charge is 0.352 e. The Labute approximate surface area is 181 Å². The van der Waals surface area contributed by atoms with E-state index >= 15 is 0 Å². The molecule has 1 aliphatic heterocycles. The summed E-state index contributed by atoms with van der Waals surface area (Å²) in [5.74, 6) is 0.766. The van der Waals surface area contributed by atoms with E-state index in [1.807, 2.05) is 72.8 Å². The lowest BCUT2D eigenvalue weighted by Gasteiger charge is -2.34. The highest BCUT2D eigenvalue weighted by Gasteiger charge is 2.29. The molecular formula is C24H22N4O2S. The van der Waals surface area contributed by atoms with Crippen LogP contribution in [0.25, 0.3) is 22.0 Å². The molecule has 0 saturated carbocycles. The zero-order valence-corrected chi connectivity index (χ0v) is 17.7.